The molecule has 2 aromatic carbocycles. The first-order chi connectivity index (χ1) is 13.2. The molecule has 4 heteroatoms. The molecule has 4 N–H and O–H groups in total. The zero-order chi connectivity index (χ0) is 18.9. The van der Waals surface area contributed by atoms with E-state index in [1.165, 1.54) is 37.1 Å². The van der Waals surface area contributed by atoms with E-state index >= 15 is 0 Å². The van der Waals surface area contributed by atoms with Gasteiger partial charge in [0.2, 0.25) is 0 Å². The van der Waals surface area contributed by atoms with Crippen molar-refractivity contribution in [2.45, 2.75) is 44.9 Å². The molecule has 3 rings (SSSR count). The van der Waals surface area contributed by atoms with Crippen molar-refractivity contribution in [2.75, 3.05) is 26.2 Å². The molecule has 0 unspecified atom stereocenters. The Morgan fingerprint density at radius 2 is 1.81 bits per heavy atom. The van der Waals surface area contributed by atoms with Gasteiger partial charge < -0.3 is 20.1 Å². The fraction of sp³-hybridized carbons (Fsp3) is 0.478. The molecular formula is C23H34N2O2+2. The molecule has 0 aliphatic carbocycles. The molecule has 0 radical (unpaired) electrons. The van der Waals surface area contributed by atoms with Crippen LogP contribution in [-0.2, 0) is 13.0 Å². The van der Waals surface area contributed by atoms with E-state index < -0.39 is 6.10 Å². The maximum Gasteiger partial charge on any atom is 0.137 e. The Morgan fingerprint density at radius 1 is 1.07 bits per heavy atom. The molecule has 27 heavy (non-hydrogen) atoms. The monoisotopic (exact) mass is 370 g/mol. The van der Waals surface area contributed by atoms with Gasteiger partial charge in [0.1, 0.15) is 31.5 Å². The number of aliphatic hydroxyl groups excluding tert-OH is 1. The van der Waals surface area contributed by atoms with Crippen LogP contribution in [0.15, 0.2) is 54.6 Å². The van der Waals surface area contributed by atoms with E-state index in [4.69, 9.17) is 4.74 Å². The second-order valence-corrected chi connectivity index (χ2v) is 7.69. The molecule has 1 saturated heterocycles. The average Bonchev–Trinajstić information content (AvgIpc) is 2.72. The molecule has 146 valence electrons. The van der Waals surface area contributed by atoms with Gasteiger partial charge in [-0.2, -0.15) is 0 Å². The van der Waals surface area contributed by atoms with Crippen LogP contribution in [0.3, 0.4) is 0 Å². The topological polar surface area (TPSA) is 50.5 Å². The maximum absolute atomic E-state index is 10.3. The van der Waals surface area contributed by atoms with Crippen LogP contribution < -0.4 is 15.0 Å². The normalized spacial score (nSPS) is 21.0. The van der Waals surface area contributed by atoms with Crippen LogP contribution in [0.25, 0.3) is 0 Å². The Morgan fingerprint density at radius 3 is 2.56 bits per heavy atom. The van der Waals surface area contributed by atoms with Crippen molar-refractivity contribution in [3.8, 4) is 5.75 Å². The molecule has 0 saturated carbocycles. The number of nitrogens with one attached hydrogen (secondary N) is 1. The lowest BCUT2D eigenvalue weighted by molar-refractivity contribution is -0.926. The first-order valence-electron chi connectivity index (χ1n) is 10.3. The Labute approximate surface area is 163 Å². The second-order valence-electron chi connectivity index (χ2n) is 7.69. The summed E-state index contributed by atoms with van der Waals surface area (Å²) in [7, 11) is 0. The number of nitrogens with two attached hydrogens (primary N) is 1. The number of aliphatic hydroxyl groups is 1. The van der Waals surface area contributed by atoms with Crippen LogP contribution in [0, 0.1) is 0 Å². The summed E-state index contributed by atoms with van der Waals surface area (Å²) >= 11 is 0. The minimum atomic E-state index is -0.426. The Kier molecular flexibility index (Phi) is 7.69. The van der Waals surface area contributed by atoms with Gasteiger partial charge in [0.15, 0.2) is 0 Å². The third-order valence-corrected chi connectivity index (χ3v) is 5.52. The van der Waals surface area contributed by atoms with Crippen molar-refractivity contribution in [2.24, 2.45) is 0 Å². The van der Waals surface area contributed by atoms with E-state index in [1.54, 1.807) is 4.90 Å². The van der Waals surface area contributed by atoms with Crippen molar-refractivity contribution in [3.05, 3.63) is 65.7 Å². The predicted molar refractivity (Wildman–Crippen MR) is 108 cm³/mol. The largest absolute Gasteiger partial charge is 0.491 e. The zero-order valence-corrected chi connectivity index (χ0v) is 16.4. The lowest BCUT2D eigenvalue weighted by Crippen LogP contribution is -3.13. The maximum atomic E-state index is 10.3. The molecule has 1 aliphatic heterocycles. The summed E-state index contributed by atoms with van der Waals surface area (Å²) < 4.78 is 5.76. The zero-order valence-electron chi connectivity index (χ0n) is 16.4. The molecular weight excluding hydrogens is 336 g/mol. The number of aryl methyl sites for hydroxylation is 1. The van der Waals surface area contributed by atoms with Gasteiger partial charge in [-0.05, 0) is 24.1 Å². The van der Waals surface area contributed by atoms with Crippen LogP contribution in [0.2, 0.25) is 0 Å². The van der Waals surface area contributed by atoms with Crippen LogP contribution in [0.4, 0.5) is 0 Å². The van der Waals surface area contributed by atoms with Crippen LogP contribution >= 0.6 is 0 Å². The average molecular weight is 371 g/mol. The van der Waals surface area contributed by atoms with Crippen LogP contribution in [-0.4, -0.2) is 43.5 Å². The van der Waals surface area contributed by atoms with Gasteiger partial charge >= 0.3 is 0 Å². The van der Waals surface area contributed by atoms with Crippen molar-refractivity contribution in [1.82, 2.24) is 0 Å². The Balaban J connectivity index is 1.32. The summed E-state index contributed by atoms with van der Waals surface area (Å²) in [5.41, 5.74) is 2.69. The lowest BCUT2D eigenvalue weighted by Gasteiger charge is -2.28. The van der Waals surface area contributed by atoms with Gasteiger partial charge in [0.05, 0.1) is 19.1 Å². The predicted octanol–water partition coefficient (Wildman–Crippen LogP) is 0.800. The summed E-state index contributed by atoms with van der Waals surface area (Å²) in [5, 5.41) is 12.6. The van der Waals surface area contributed by atoms with E-state index in [0.29, 0.717) is 19.2 Å². The highest BCUT2D eigenvalue weighted by Gasteiger charge is 2.25. The smallest absolute Gasteiger partial charge is 0.137 e. The summed E-state index contributed by atoms with van der Waals surface area (Å²) in [6.45, 7) is 6.77. The number of rotatable bonds is 9. The minimum absolute atomic E-state index is 0.363. The van der Waals surface area contributed by atoms with E-state index in [2.05, 4.69) is 54.7 Å². The number of hydrogen-bond acceptors (Lipinski definition) is 2. The fourth-order valence-corrected chi connectivity index (χ4v) is 3.81. The molecule has 1 heterocycles. The second kappa shape index (κ2) is 10.5. The Bertz CT molecular complexity index is 669. The number of piperidine rings is 1. The van der Waals surface area contributed by atoms with Gasteiger partial charge in [-0.25, -0.2) is 0 Å². The van der Waals surface area contributed by atoms with E-state index in [0.717, 1.165) is 18.7 Å². The summed E-state index contributed by atoms with van der Waals surface area (Å²) in [6, 6.07) is 19.5. The van der Waals surface area contributed by atoms with Gasteiger partial charge in [-0.1, -0.05) is 49.4 Å². The Hall–Kier alpha value is -1.88. The van der Waals surface area contributed by atoms with E-state index in [9.17, 15) is 5.11 Å². The number of benzene rings is 2. The highest BCUT2D eigenvalue weighted by atomic mass is 16.5. The highest BCUT2D eigenvalue weighted by molar-refractivity contribution is 5.28. The van der Waals surface area contributed by atoms with Crippen molar-refractivity contribution >= 4 is 0 Å². The van der Waals surface area contributed by atoms with Gasteiger partial charge in [0.25, 0.3) is 0 Å². The van der Waals surface area contributed by atoms with Crippen molar-refractivity contribution in [3.63, 3.8) is 0 Å². The first-order valence-corrected chi connectivity index (χ1v) is 10.3. The molecule has 1 atom stereocenters. The molecule has 0 aromatic heterocycles. The number of hydrogen-bond donors (Lipinski definition) is 3. The van der Waals surface area contributed by atoms with Crippen LogP contribution in [0.1, 0.15) is 30.9 Å². The summed E-state index contributed by atoms with van der Waals surface area (Å²) in [5.74, 6) is 0.853. The third-order valence-electron chi connectivity index (χ3n) is 5.52. The van der Waals surface area contributed by atoms with Gasteiger partial charge in [0, 0.05) is 18.4 Å². The number of quaternary nitrogens is 2. The highest BCUT2D eigenvalue weighted by Crippen LogP contribution is 2.13. The number of ether oxygens (including phenoxy) is 1. The number of likely N-dealkylation sites (tertiary alicyclic amines) is 1. The standard InChI is InChI=1S/C23H32N2O2/c1-2-19-9-6-10-23(15-19)27-18-22(26)16-24-21-11-13-25(14-12-21)17-20-7-4-3-5-8-20/h3-10,15,21-22,24,26H,2,11-14,16-18H2,1H3/p+2/t22-/m1/s1. The quantitative estimate of drug-likeness (QED) is 0.612. The summed E-state index contributed by atoms with van der Waals surface area (Å²) in [4.78, 5) is 1.67. The molecule has 1 aliphatic rings. The van der Waals surface area contributed by atoms with E-state index in [1.807, 2.05) is 12.1 Å². The first kappa shape index (κ1) is 19.9. The molecule has 0 bridgehead atoms. The SMILES string of the molecule is CCc1cccc(OC[C@H](O)C[NH2+]C2CC[NH+](Cc3ccccc3)CC2)c1. The molecule has 1 fully saturated rings. The van der Waals surface area contributed by atoms with Crippen LogP contribution in [0.5, 0.6) is 5.75 Å². The summed E-state index contributed by atoms with van der Waals surface area (Å²) in [6.07, 6.45) is 3.01. The lowest BCUT2D eigenvalue weighted by atomic mass is 10.0. The molecule has 0 amide bonds. The molecule has 0 spiro atoms. The third kappa shape index (κ3) is 6.65. The molecule has 2 aromatic rings. The van der Waals surface area contributed by atoms with E-state index in [-0.39, 0.29) is 0 Å². The van der Waals surface area contributed by atoms with Crippen molar-refractivity contribution in [1.29, 1.82) is 0 Å². The minimum Gasteiger partial charge on any atom is -0.491 e. The molecule has 4 nitrogen and oxygen atoms in total. The fourth-order valence-electron chi connectivity index (χ4n) is 3.81. The van der Waals surface area contributed by atoms with Gasteiger partial charge in [-0.15, -0.1) is 0 Å². The van der Waals surface area contributed by atoms with Crippen molar-refractivity contribution < 1.29 is 20.1 Å². The van der Waals surface area contributed by atoms with Gasteiger partial charge in [-0.3, -0.25) is 0 Å².